The molecule has 0 bridgehead atoms. The van der Waals surface area contributed by atoms with E-state index in [0.717, 1.165) is 18.5 Å². The van der Waals surface area contributed by atoms with E-state index in [0.29, 0.717) is 17.3 Å². The van der Waals surface area contributed by atoms with E-state index in [1.807, 2.05) is 26.8 Å². The molecule has 0 saturated carbocycles. The number of amides is 1. The van der Waals surface area contributed by atoms with E-state index in [1.54, 1.807) is 12.1 Å². The number of hydrogen-bond acceptors (Lipinski definition) is 3. The van der Waals surface area contributed by atoms with Crippen LogP contribution in [0.5, 0.6) is 5.75 Å². The van der Waals surface area contributed by atoms with Crippen molar-refractivity contribution in [2.75, 3.05) is 13.2 Å². The lowest BCUT2D eigenvalue weighted by Gasteiger charge is -2.14. The molecular weight excluding hydrogens is 276 g/mol. The zero-order chi connectivity index (χ0) is 15.0. The van der Waals surface area contributed by atoms with Gasteiger partial charge in [0.25, 0.3) is 5.91 Å². The average Bonchev–Trinajstić information content (AvgIpc) is 2.43. The summed E-state index contributed by atoms with van der Waals surface area (Å²) in [5.74, 6) is 0.582. The van der Waals surface area contributed by atoms with Crippen LogP contribution in [0.15, 0.2) is 18.2 Å². The first-order chi connectivity index (χ1) is 9.56. The number of halogens is 1. The predicted molar refractivity (Wildman–Crippen MR) is 82.2 cm³/mol. The number of nitrogens with one attached hydrogen (secondary N) is 2. The standard InChI is InChI=1S/C15H23ClN2O2/c1-4-11(3)18-15(19)10-20-14-7-6-13(16)8-12(14)9-17-5-2/h6-8,11,17H,4-5,9-10H2,1-3H3,(H,18,19). The molecule has 0 aliphatic carbocycles. The third kappa shape index (κ3) is 5.80. The van der Waals surface area contributed by atoms with Gasteiger partial charge in [-0.25, -0.2) is 0 Å². The second kappa shape index (κ2) is 8.82. The summed E-state index contributed by atoms with van der Waals surface area (Å²) in [6, 6.07) is 5.58. The van der Waals surface area contributed by atoms with Crippen LogP contribution in [0, 0.1) is 0 Å². The van der Waals surface area contributed by atoms with E-state index in [4.69, 9.17) is 16.3 Å². The van der Waals surface area contributed by atoms with Crippen LogP contribution in [0.25, 0.3) is 0 Å². The molecule has 1 amide bonds. The fraction of sp³-hybridized carbons (Fsp3) is 0.533. The topological polar surface area (TPSA) is 50.4 Å². The SMILES string of the molecule is CCNCc1cc(Cl)ccc1OCC(=O)NC(C)CC. The van der Waals surface area contributed by atoms with Crippen molar-refractivity contribution >= 4 is 17.5 Å². The molecule has 0 heterocycles. The molecular formula is C15H23ClN2O2. The smallest absolute Gasteiger partial charge is 0.258 e. The maximum atomic E-state index is 11.7. The van der Waals surface area contributed by atoms with Crippen molar-refractivity contribution in [1.82, 2.24) is 10.6 Å². The molecule has 20 heavy (non-hydrogen) atoms. The maximum absolute atomic E-state index is 11.7. The first-order valence-corrected chi connectivity index (χ1v) is 7.35. The zero-order valence-electron chi connectivity index (χ0n) is 12.3. The first-order valence-electron chi connectivity index (χ1n) is 6.98. The Morgan fingerprint density at radius 1 is 1.40 bits per heavy atom. The van der Waals surface area contributed by atoms with E-state index < -0.39 is 0 Å². The molecule has 5 heteroatoms. The lowest BCUT2D eigenvalue weighted by molar-refractivity contribution is -0.123. The molecule has 1 atom stereocenters. The molecule has 1 rings (SSSR count). The van der Waals surface area contributed by atoms with Crippen molar-refractivity contribution in [1.29, 1.82) is 0 Å². The Kier molecular flexibility index (Phi) is 7.41. The second-order valence-corrected chi connectivity index (χ2v) is 5.13. The molecule has 0 fully saturated rings. The van der Waals surface area contributed by atoms with E-state index in [1.165, 1.54) is 0 Å². The Bertz CT molecular complexity index is 438. The third-order valence-electron chi connectivity index (χ3n) is 2.97. The normalized spacial score (nSPS) is 12.0. The molecule has 112 valence electrons. The fourth-order valence-electron chi connectivity index (χ4n) is 1.65. The number of carbonyl (C=O) groups is 1. The molecule has 0 saturated heterocycles. The third-order valence-corrected chi connectivity index (χ3v) is 3.20. The fourth-order valence-corrected chi connectivity index (χ4v) is 1.84. The minimum absolute atomic E-state index is 0.0189. The van der Waals surface area contributed by atoms with Gasteiger partial charge < -0.3 is 15.4 Å². The van der Waals surface area contributed by atoms with Crippen molar-refractivity contribution < 1.29 is 9.53 Å². The Balaban J connectivity index is 2.60. The monoisotopic (exact) mass is 298 g/mol. The van der Waals surface area contributed by atoms with Crippen LogP contribution in [-0.4, -0.2) is 25.1 Å². The Morgan fingerprint density at radius 2 is 2.15 bits per heavy atom. The second-order valence-electron chi connectivity index (χ2n) is 4.70. The van der Waals surface area contributed by atoms with Gasteiger partial charge in [0, 0.05) is 23.2 Å². The van der Waals surface area contributed by atoms with Gasteiger partial charge in [-0.2, -0.15) is 0 Å². The van der Waals surface area contributed by atoms with Gasteiger partial charge in [-0.1, -0.05) is 25.4 Å². The van der Waals surface area contributed by atoms with Gasteiger partial charge in [0.05, 0.1) is 0 Å². The molecule has 4 nitrogen and oxygen atoms in total. The Hall–Kier alpha value is -1.26. The minimum Gasteiger partial charge on any atom is -0.483 e. The van der Waals surface area contributed by atoms with Crippen molar-refractivity contribution in [3.05, 3.63) is 28.8 Å². The van der Waals surface area contributed by atoms with E-state index >= 15 is 0 Å². The molecule has 1 aromatic carbocycles. The number of benzene rings is 1. The number of rotatable bonds is 8. The zero-order valence-corrected chi connectivity index (χ0v) is 13.1. The van der Waals surface area contributed by atoms with E-state index in [9.17, 15) is 4.79 Å². The summed E-state index contributed by atoms with van der Waals surface area (Å²) in [6.45, 7) is 7.58. The lowest BCUT2D eigenvalue weighted by atomic mass is 10.2. The van der Waals surface area contributed by atoms with Crippen LogP contribution in [0.1, 0.15) is 32.8 Å². The molecule has 0 spiro atoms. The van der Waals surface area contributed by atoms with E-state index in [2.05, 4.69) is 10.6 Å². The van der Waals surface area contributed by atoms with Gasteiger partial charge in [-0.3, -0.25) is 4.79 Å². The van der Waals surface area contributed by atoms with Gasteiger partial charge in [-0.15, -0.1) is 0 Å². The summed E-state index contributed by atoms with van der Waals surface area (Å²) in [5, 5.41) is 6.75. The average molecular weight is 299 g/mol. The molecule has 0 aromatic heterocycles. The lowest BCUT2D eigenvalue weighted by Crippen LogP contribution is -2.35. The van der Waals surface area contributed by atoms with Crippen molar-refractivity contribution in [2.24, 2.45) is 0 Å². The molecule has 0 aliphatic rings. The summed E-state index contributed by atoms with van der Waals surface area (Å²) < 4.78 is 5.59. The summed E-state index contributed by atoms with van der Waals surface area (Å²) in [5.41, 5.74) is 0.954. The van der Waals surface area contributed by atoms with Crippen LogP contribution in [-0.2, 0) is 11.3 Å². The number of ether oxygens (including phenoxy) is 1. The van der Waals surface area contributed by atoms with Crippen LogP contribution in [0.4, 0.5) is 0 Å². The first kappa shape index (κ1) is 16.8. The van der Waals surface area contributed by atoms with Crippen LogP contribution < -0.4 is 15.4 Å². The highest BCUT2D eigenvalue weighted by Gasteiger charge is 2.09. The highest BCUT2D eigenvalue weighted by atomic mass is 35.5. The van der Waals surface area contributed by atoms with E-state index in [-0.39, 0.29) is 18.6 Å². The largest absolute Gasteiger partial charge is 0.483 e. The highest BCUT2D eigenvalue weighted by molar-refractivity contribution is 6.30. The summed E-state index contributed by atoms with van der Waals surface area (Å²) in [7, 11) is 0. The van der Waals surface area contributed by atoms with Gasteiger partial charge in [0.15, 0.2) is 6.61 Å². The van der Waals surface area contributed by atoms with Gasteiger partial charge in [0.1, 0.15) is 5.75 Å². The van der Waals surface area contributed by atoms with Crippen LogP contribution in [0.3, 0.4) is 0 Å². The number of carbonyl (C=O) groups excluding carboxylic acids is 1. The summed E-state index contributed by atoms with van der Waals surface area (Å²) >= 11 is 5.98. The molecule has 0 aliphatic heterocycles. The van der Waals surface area contributed by atoms with Crippen molar-refractivity contribution in [2.45, 2.75) is 39.8 Å². The predicted octanol–water partition coefficient (Wildman–Crippen LogP) is 2.74. The van der Waals surface area contributed by atoms with Crippen LogP contribution in [0.2, 0.25) is 5.02 Å². The summed E-state index contributed by atoms with van der Waals surface area (Å²) in [6.07, 6.45) is 0.901. The molecule has 1 aromatic rings. The highest BCUT2D eigenvalue weighted by Crippen LogP contribution is 2.22. The molecule has 1 unspecified atom stereocenters. The van der Waals surface area contributed by atoms with Crippen molar-refractivity contribution in [3.63, 3.8) is 0 Å². The quantitative estimate of drug-likeness (QED) is 0.776. The Labute approximate surface area is 125 Å². The number of hydrogen-bond donors (Lipinski definition) is 2. The van der Waals surface area contributed by atoms with Gasteiger partial charge in [0.2, 0.25) is 0 Å². The summed E-state index contributed by atoms with van der Waals surface area (Å²) in [4.78, 5) is 11.7. The van der Waals surface area contributed by atoms with Crippen LogP contribution >= 0.6 is 11.6 Å². The van der Waals surface area contributed by atoms with Gasteiger partial charge >= 0.3 is 0 Å². The molecule has 2 N–H and O–H groups in total. The Morgan fingerprint density at radius 3 is 2.80 bits per heavy atom. The minimum atomic E-state index is -0.108. The molecule has 0 radical (unpaired) electrons. The van der Waals surface area contributed by atoms with Crippen molar-refractivity contribution in [3.8, 4) is 5.75 Å². The van der Waals surface area contributed by atoms with Gasteiger partial charge in [-0.05, 0) is 38.1 Å². The maximum Gasteiger partial charge on any atom is 0.258 e.